The second kappa shape index (κ2) is 6.36. The Morgan fingerprint density at radius 2 is 1.67 bits per heavy atom. The van der Waals surface area contributed by atoms with E-state index in [4.69, 9.17) is 14.9 Å². The lowest BCUT2D eigenvalue weighted by Crippen LogP contribution is -2.26. The predicted molar refractivity (Wildman–Crippen MR) is 49.6 cm³/mol. The van der Waals surface area contributed by atoms with E-state index in [9.17, 15) is 9.59 Å². The highest BCUT2D eigenvalue weighted by atomic mass is 16.6. The van der Waals surface area contributed by atoms with Crippen LogP contribution < -0.4 is 0 Å². The molecule has 0 heterocycles. The fourth-order valence-corrected chi connectivity index (χ4v) is 0.613. The van der Waals surface area contributed by atoms with Crippen LogP contribution in [0.5, 0.6) is 0 Å². The first-order chi connectivity index (χ1) is 6.91. The molecule has 0 aromatic rings. The van der Waals surface area contributed by atoms with Crippen LogP contribution in [-0.2, 0) is 19.1 Å². The quantitative estimate of drug-likeness (QED) is 0.354. The van der Waals surface area contributed by atoms with E-state index in [-0.39, 0.29) is 13.2 Å². The highest BCUT2D eigenvalue weighted by Crippen LogP contribution is 2.13. The van der Waals surface area contributed by atoms with Crippen LogP contribution in [-0.4, -0.2) is 42.2 Å². The summed E-state index contributed by atoms with van der Waals surface area (Å²) >= 11 is 0. The lowest BCUT2D eigenvalue weighted by Gasteiger charge is -2.20. The Labute approximate surface area is 87.8 Å². The van der Waals surface area contributed by atoms with Crippen molar-refractivity contribution >= 4 is 11.9 Å². The first-order valence-corrected chi connectivity index (χ1v) is 4.44. The molecular formula is C9H16O6. The van der Waals surface area contributed by atoms with Gasteiger partial charge in [0.25, 0.3) is 0 Å². The number of esters is 2. The number of rotatable bonds is 6. The number of aliphatic hydroxyl groups excluding tert-OH is 2. The summed E-state index contributed by atoms with van der Waals surface area (Å²) in [5.74, 6) is -1.58. The van der Waals surface area contributed by atoms with Gasteiger partial charge in [-0.15, -0.1) is 0 Å². The highest BCUT2D eigenvalue weighted by molar-refractivity contribution is 5.91. The third-order valence-electron chi connectivity index (χ3n) is 1.57. The summed E-state index contributed by atoms with van der Waals surface area (Å²) in [5.41, 5.74) is -0.531. The maximum Gasteiger partial charge on any atom is 0.319 e. The van der Waals surface area contributed by atoms with Crippen molar-refractivity contribution in [1.29, 1.82) is 0 Å². The SMILES string of the molecule is CC(C)(CO)COC(=O)CC(=O)OCO. The number of hydrogen-bond donors (Lipinski definition) is 2. The van der Waals surface area contributed by atoms with Gasteiger partial charge in [-0.1, -0.05) is 13.8 Å². The zero-order valence-electron chi connectivity index (χ0n) is 8.86. The van der Waals surface area contributed by atoms with Gasteiger partial charge in [-0.2, -0.15) is 0 Å². The van der Waals surface area contributed by atoms with Gasteiger partial charge in [-0.05, 0) is 0 Å². The monoisotopic (exact) mass is 220 g/mol. The zero-order valence-corrected chi connectivity index (χ0v) is 8.86. The number of aliphatic hydroxyl groups is 2. The van der Waals surface area contributed by atoms with Crippen LogP contribution in [0.2, 0.25) is 0 Å². The van der Waals surface area contributed by atoms with Gasteiger partial charge in [-0.3, -0.25) is 9.59 Å². The summed E-state index contributed by atoms with van der Waals surface area (Å²) in [6.07, 6.45) is -0.540. The Morgan fingerprint density at radius 3 is 2.13 bits per heavy atom. The van der Waals surface area contributed by atoms with Crippen LogP contribution in [0.1, 0.15) is 20.3 Å². The van der Waals surface area contributed by atoms with Gasteiger partial charge in [0.15, 0.2) is 6.79 Å². The Balaban J connectivity index is 3.80. The molecule has 0 aliphatic rings. The topological polar surface area (TPSA) is 93.1 Å². The van der Waals surface area contributed by atoms with Gasteiger partial charge < -0.3 is 19.7 Å². The molecule has 0 atom stereocenters. The number of ether oxygens (including phenoxy) is 2. The van der Waals surface area contributed by atoms with Crippen LogP contribution >= 0.6 is 0 Å². The second-order valence-electron chi connectivity index (χ2n) is 3.81. The van der Waals surface area contributed by atoms with Gasteiger partial charge in [-0.25, -0.2) is 0 Å². The van der Waals surface area contributed by atoms with Crippen molar-refractivity contribution in [2.24, 2.45) is 5.41 Å². The maximum atomic E-state index is 11.0. The summed E-state index contributed by atoms with van der Waals surface area (Å²) in [6.45, 7) is 2.57. The Kier molecular flexibility index (Phi) is 5.88. The molecule has 0 aromatic carbocycles. The molecule has 0 radical (unpaired) electrons. The smallest absolute Gasteiger partial charge is 0.319 e. The molecule has 0 unspecified atom stereocenters. The van der Waals surface area contributed by atoms with Gasteiger partial charge in [0, 0.05) is 5.41 Å². The Morgan fingerprint density at radius 1 is 1.13 bits per heavy atom. The zero-order chi connectivity index (χ0) is 11.9. The lowest BCUT2D eigenvalue weighted by atomic mass is 9.97. The molecule has 0 aliphatic carbocycles. The molecule has 0 rings (SSSR count). The van der Waals surface area contributed by atoms with Crippen molar-refractivity contribution in [2.75, 3.05) is 20.0 Å². The van der Waals surface area contributed by atoms with Crippen molar-refractivity contribution in [3.05, 3.63) is 0 Å². The first kappa shape index (κ1) is 13.9. The fraction of sp³-hybridized carbons (Fsp3) is 0.778. The molecule has 0 bridgehead atoms. The molecule has 6 nitrogen and oxygen atoms in total. The van der Waals surface area contributed by atoms with E-state index in [1.54, 1.807) is 13.8 Å². The van der Waals surface area contributed by atoms with E-state index in [0.717, 1.165) is 0 Å². The van der Waals surface area contributed by atoms with E-state index >= 15 is 0 Å². The minimum absolute atomic E-state index is 0.0226. The van der Waals surface area contributed by atoms with Gasteiger partial charge in [0.1, 0.15) is 6.42 Å². The molecule has 0 saturated heterocycles. The molecule has 6 heteroatoms. The van der Waals surface area contributed by atoms with Crippen LogP contribution in [0.3, 0.4) is 0 Å². The maximum absolute atomic E-state index is 11.0. The predicted octanol–water partition coefficient (Wildman–Crippen LogP) is -0.569. The standard InChI is InChI=1S/C9H16O6/c1-9(2,4-10)5-14-7(12)3-8(13)15-6-11/h10-11H,3-6H2,1-2H3. The minimum Gasteiger partial charge on any atom is -0.465 e. The molecule has 0 aliphatic heterocycles. The van der Waals surface area contributed by atoms with Crippen molar-refractivity contribution in [3.8, 4) is 0 Å². The molecule has 0 fully saturated rings. The molecule has 0 amide bonds. The molecule has 15 heavy (non-hydrogen) atoms. The van der Waals surface area contributed by atoms with E-state index in [1.165, 1.54) is 0 Å². The van der Waals surface area contributed by atoms with Crippen LogP contribution in [0, 0.1) is 5.41 Å². The molecule has 88 valence electrons. The third kappa shape index (κ3) is 6.87. The largest absolute Gasteiger partial charge is 0.465 e. The second-order valence-corrected chi connectivity index (χ2v) is 3.81. The first-order valence-electron chi connectivity index (χ1n) is 4.44. The van der Waals surface area contributed by atoms with Crippen molar-refractivity contribution in [2.45, 2.75) is 20.3 Å². The Bertz CT molecular complexity index is 223. The molecule has 0 saturated carbocycles. The van der Waals surface area contributed by atoms with Crippen molar-refractivity contribution < 1.29 is 29.3 Å². The normalized spacial score (nSPS) is 10.9. The highest BCUT2D eigenvalue weighted by Gasteiger charge is 2.20. The average molecular weight is 220 g/mol. The molecular weight excluding hydrogens is 204 g/mol. The molecule has 0 spiro atoms. The lowest BCUT2D eigenvalue weighted by molar-refractivity contribution is -0.160. The summed E-state index contributed by atoms with van der Waals surface area (Å²) in [5, 5.41) is 17.1. The average Bonchev–Trinajstić information content (AvgIpc) is 2.15. The van der Waals surface area contributed by atoms with Crippen LogP contribution in [0.25, 0.3) is 0 Å². The van der Waals surface area contributed by atoms with Crippen molar-refractivity contribution in [3.63, 3.8) is 0 Å². The van der Waals surface area contributed by atoms with E-state index in [1.807, 2.05) is 0 Å². The van der Waals surface area contributed by atoms with Crippen LogP contribution in [0.15, 0.2) is 0 Å². The third-order valence-corrected chi connectivity index (χ3v) is 1.57. The van der Waals surface area contributed by atoms with Crippen LogP contribution in [0.4, 0.5) is 0 Å². The number of carbonyl (C=O) groups is 2. The number of carbonyl (C=O) groups excluding carboxylic acids is 2. The molecule has 2 N–H and O–H groups in total. The summed E-state index contributed by atoms with van der Waals surface area (Å²) < 4.78 is 8.87. The summed E-state index contributed by atoms with van der Waals surface area (Å²) in [4.78, 5) is 21.7. The van der Waals surface area contributed by atoms with E-state index in [0.29, 0.717) is 0 Å². The fourth-order valence-electron chi connectivity index (χ4n) is 0.613. The van der Waals surface area contributed by atoms with Gasteiger partial charge >= 0.3 is 11.9 Å². The van der Waals surface area contributed by atoms with Crippen molar-refractivity contribution in [1.82, 2.24) is 0 Å². The van der Waals surface area contributed by atoms with E-state index < -0.39 is 30.6 Å². The number of hydrogen-bond acceptors (Lipinski definition) is 6. The van der Waals surface area contributed by atoms with Gasteiger partial charge in [0.2, 0.25) is 0 Å². The molecule has 0 aromatic heterocycles. The van der Waals surface area contributed by atoms with E-state index in [2.05, 4.69) is 4.74 Å². The minimum atomic E-state index is -0.843. The van der Waals surface area contributed by atoms with Gasteiger partial charge in [0.05, 0.1) is 13.2 Å². The Hall–Kier alpha value is -1.14. The summed E-state index contributed by atoms with van der Waals surface area (Å²) in [6, 6.07) is 0. The summed E-state index contributed by atoms with van der Waals surface area (Å²) in [7, 11) is 0.